The van der Waals surface area contributed by atoms with Crippen molar-refractivity contribution >= 4 is 18.0 Å². The summed E-state index contributed by atoms with van der Waals surface area (Å²) in [5.74, 6) is -2.30. The quantitative estimate of drug-likeness (QED) is 0.473. The number of ether oxygens (including phenoxy) is 2. The number of aliphatic carboxylic acids is 1. The molecule has 0 aromatic heterocycles. The molecular formula is C27H34N2O6. The Morgan fingerprint density at radius 1 is 1.00 bits per heavy atom. The molecule has 0 bridgehead atoms. The van der Waals surface area contributed by atoms with Crippen molar-refractivity contribution in [2.45, 2.75) is 51.7 Å². The number of carboxylic acid groups (broad SMARTS) is 1. The highest BCUT2D eigenvalue weighted by Gasteiger charge is 2.30. The number of amides is 2. The molecule has 0 saturated heterocycles. The smallest absolute Gasteiger partial charge is 0.407 e. The predicted octanol–water partition coefficient (Wildman–Crippen LogP) is 3.94. The number of rotatable bonds is 10. The topological polar surface area (TPSA) is 114 Å². The lowest BCUT2D eigenvalue weighted by molar-refractivity contribution is -0.146. The van der Waals surface area contributed by atoms with Gasteiger partial charge in [-0.3, -0.25) is 4.79 Å². The molecule has 8 heteroatoms. The highest BCUT2D eigenvalue weighted by Crippen LogP contribution is 2.44. The average molecular weight is 483 g/mol. The van der Waals surface area contributed by atoms with Crippen LogP contribution >= 0.6 is 0 Å². The zero-order chi connectivity index (χ0) is 25.6. The molecule has 3 N–H and O–H groups in total. The Balaban J connectivity index is 1.53. The van der Waals surface area contributed by atoms with Gasteiger partial charge in [0.2, 0.25) is 5.91 Å². The Bertz CT molecular complexity index is 1020. The molecule has 2 aromatic carbocycles. The minimum atomic E-state index is -1.18. The van der Waals surface area contributed by atoms with E-state index in [0.29, 0.717) is 6.42 Å². The number of carbonyl (C=O) groups is 3. The molecule has 2 amide bonds. The van der Waals surface area contributed by atoms with Crippen LogP contribution in [-0.4, -0.2) is 54.5 Å². The minimum Gasteiger partial charge on any atom is -0.480 e. The summed E-state index contributed by atoms with van der Waals surface area (Å²) in [7, 11) is 0. The molecule has 1 unspecified atom stereocenters. The lowest BCUT2D eigenvalue weighted by Gasteiger charge is -2.24. The Hall–Kier alpha value is -3.39. The normalized spacial score (nSPS) is 14.4. The van der Waals surface area contributed by atoms with Gasteiger partial charge in [0.15, 0.2) is 6.04 Å². The first-order valence-electron chi connectivity index (χ1n) is 11.9. The van der Waals surface area contributed by atoms with E-state index in [1.54, 1.807) is 27.7 Å². The molecule has 1 aliphatic rings. The third-order valence-corrected chi connectivity index (χ3v) is 6.00. The van der Waals surface area contributed by atoms with Crippen molar-refractivity contribution < 1.29 is 29.0 Å². The number of carbonyl (C=O) groups excluding carboxylic acids is 2. The van der Waals surface area contributed by atoms with Gasteiger partial charge in [-0.2, -0.15) is 0 Å². The number of hydrogen-bond acceptors (Lipinski definition) is 5. The van der Waals surface area contributed by atoms with Crippen molar-refractivity contribution in [3.8, 4) is 11.1 Å². The average Bonchev–Trinajstić information content (AvgIpc) is 3.13. The van der Waals surface area contributed by atoms with E-state index in [9.17, 15) is 19.5 Å². The fourth-order valence-corrected chi connectivity index (χ4v) is 4.08. The van der Waals surface area contributed by atoms with Crippen LogP contribution in [0.25, 0.3) is 11.1 Å². The van der Waals surface area contributed by atoms with Crippen molar-refractivity contribution in [3.63, 3.8) is 0 Å². The monoisotopic (exact) mass is 482 g/mol. The van der Waals surface area contributed by atoms with Gasteiger partial charge in [-0.15, -0.1) is 0 Å². The van der Waals surface area contributed by atoms with Crippen LogP contribution in [0.4, 0.5) is 4.79 Å². The van der Waals surface area contributed by atoms with Crippen molar-refractivity contribution in [2.24, 2.45) is 5.92 Å². The van der Waals surface area contributed by atoms with Crippen molar-refractivity contribution in [1.29, 1.82) is 0 Å². The molecule has 35 heavy (non-hydrogen) atoms. The van der Waals surface area contributed by atoms with Gasteiger partial charge in [0, 0.05) is 12.5 Å². The lowest BCUT2D eigenvalue weighted by atomic mass is 9.98. The molecule has 188 valence electrons. The van der Waals surface area contributed by atoms with E-state index in [2.05, 4.69) is 22.8 Å². The van der Waals surface area contributed by atoms with Gasteiger partial charge in [0.25, 0.3) is 0 Å². The summed E-state index contributed by atoms with van der Waals surface area (Å²) < 4.78 is 11.0. The van der Waals surface area contributed by atoms with Crippen molar-refractivity contribution in [3.05, 3.63) is 59.7 Å². The molecule has 3 rings (SSSR count). The second-order valence-corrected chi connectivity index (χ2v) is 9.63. The molecule has 0 fully saturated rings. The number of alkyl carbamates (subject to hydrolysis) is 1. The highest BCUT2D eigenvalue weighted by molar-refractivity contribution is 5.85. The number of benzene rings is 2. The van der Waals surface area contributed by atoms with Crippen molar-refractivity contribution in [1.82, 2.24) is 10.6 Å². The summed E-state index contributed by atoms with van der Waals surface area (Å²) in [5.41, 5.74) is 3.98. The molecule has 0 saturated carbocycles. The van der Waals surface area contributed by atoms with Crippen molar-refractivity contribution in [2.75, 3.05) is 19.8 Å². The van der Waals surface area contributed by atoms with Crippen LogP contribution in [0.2, 0.25) is 0 Å². The maximum Gasteiger partial charge on any atom is 0.407 e. The molecular weight excluding hydrogens is 448 g/mol. The molecule has 2 aromatic rings. The largest absolute Gasteiger partial charge is 0.480 e. The Labute approximate surface area is 206 Å². The SMILES string of the molecule is CCC(CNC(=O)OCC1c2ccccc2-c2ccccc21)C(=O)N[C@@H](COC(C)(C)C)C(=O)O. The molecule has 1 aliphatic carbocycles. The van der Waals surface area contributed by atoms with E-state index in [-0.39, 0.29) is 25.7 Å². The van der Waals surface area contributed by atoms with Gasteiger partial charge in [0.1, 0.15) is 6.61 Å². The zero-order valence-electron chi connectivity index (χ0n) is 20.7. The highest BCUT2D eigenvalue weighted by atomic mass is 16.5. The maximum absolute atomic E-state index is 12.6. The number of hydrogen-bond donors (Lipinski definition) is 3. The van der Waals surface area contributed by atoms with Crippen LogP contribution in [-0.2, 0) is 19.1 Å². The first kappa shape index (κ1) is 26.2. The summed E-state index contributed by atoms with van der Waals surface area (Å²) in [4.78, 5) is 36.6. The van der Waals surface area contributed by atoms with Crippen LogP contribution in [0.5, 0.6) is 0 Å². The van der Waals surface area contributed by atoms with Crippen LogP contribution in [0.1, 0.15) is 51.2 Å². The standard InChI is InChI=1S/C27H34N2O6/c1-5-17(24(30)29-23(25(31)32)16-35-27(2,3)4)14-28-26(33)34-15-22-20-12-8-6-10-18(20)19-11-7-9-13-21(19)22/h6-13,17,22-23H,5,14-16H2,1-4H3,(H,28,33)(H,29,30)(H,31,32)/t17?,23-/m0/s1. The van der Waals surface area contributed by atoms with Gasteiger partial charge in [0.05, 0.1) is 18.1 Å². The molecule has 0 aliphatic heterocycles. The van der Waals surface area contributed by atoms with E-state index in [4.69, 9.17) is 9.47 Å². The van der Waals surface area contributed by atoms with Crippen LogP contribution in [0, 0.1) is 5.92 Å². The summed E-state index contributed by atoms with van der Waals surface area (Å²) >= 11 is 0. The first-order chi connectivity index (χ1) is 16.6. The Kier molecular flexibility index (Phi) is 8.51. The third-order valence-electron chi connectivity index (χ3n) is 6.00. The van der Waals surface area contributed by atoms with Gasteiger partial charge in [-0.05, 0) is 49.4 Å². The Morgan fingerprint density at radius 2 is 1.57 bits per heavy atom. The van der Waals surface area contributed by atoms with E-state index in [1.165, 1.54) is 0 Å². The summed E-state index contributed by atoms with van der Waals surface area (Å²) in [5, 5.41) is 14.6. The maximum atomic E-state index is 12.6. The molecule has 8 nitrogen and oxygen atoms in total. The number of nitrogens with one attached hydrogen (secondary N) is 2. The second kappa shape index (κ2) is 11.4. The molecule has 0 radical (unpaired) electrons. The third kappa shape index (κ3) is 6.82. The number of carboxylic acids is 1. The van der Waals surface area contributed by atoms with Crippen LogP contribution < -0.4 is 10.6 Å². The summed E-state index contributed by atoms with van der Waals surface area (Å²) in [6, 6.07) is 15.0. The fourth-order valence-electron chi connectivity index (χ4n) is 4.08. The van der Waals surface area contributed by atoms with Gasteiger partial charge >= 0.3 is 12.1 Å². The van der Waals surface area contributed by atoms with Crippen LogP contribution in [0.15, 0.2) is 48.5 Å². The Morgan fingerprint density at radius 3 is 2.09 bits per heavy atom. The van der Waals surface area contributed by atoms with Gasteiger partial charge < -0.3 is 25.2 Å². The first-order valence-corrected chi connectivity index (χ1v) is 11.9. The zero-order valence-corrected chi connectivity index (χ0v) is 20.7. The van der Waals surface area contributed by atoms with Gasteiger partial charge in [-0.1, -0.05) is 55.5 Å². The van der Waals surface area contributed by atoms with E-state index < -0.39 is 35.5 Å². The molecule has 0 spiro atoms. The molecule has 2 atom stereocenters. The van der Waals surface area contributed by atoms with Gasteiger partial charge in [-0.25, -0.2) is 9.59 Å². The summed E-state index contributed by atoms with van der Waals surface area (Å²) in [6.45, 7) is 7.27. The molecule has 0 heterocycles. The van der Waals surface area contributed by atoms with E-state index in [0.717, 1.165) is 22.3 Å². The summed E-state index contributed by atoms with van der Waals surface area (Å²) in [6.07, 6.45) is -0.203. The number of fused-ring (bicyclic) bond motifs is 3. The minimum absolute atomic E-state index is 0.0332. The van der Waals surface area contributed by atoms with Crippen LogP contribution in [0.3, 0.4) is 0 Å². The predicted molar refractivity (Wildman–Crippen MR) is 132 cm³/mol. The lowest BCUT2D eigenvalue weighted by Crippen LogP contribution is -2.49. The van der Waals surface area contributed by atoms with E-state index >= 15 is 0 Å². The second-order valence-electron chi connectivity index (χ2n) is 9.63. The van der Waals surface area contributed by atoms with E-state index in [1.807, 2.05) is 36.4 Å². The fraction of sp³-hybridized carbons (Fsp3) is 0.444.